The van der Waals surface area contributed by atoms with Crippen molar-refractivity contribution in [1.29, 1.82) is 0 Å². The Morgan fingerprint density at radius 2 is 1.72 bits per heavy atom. The van der Waals surface area contributed by atoms with Crippen LogP contribution in [0.2, 0.25) is 0 Å². The highest BCUT2D eigenvalue weighted by Gasteiger charge is 2.14. The van der Waals surface area contributed by atoms with Crippen LogP contribution in [0, 0.1) is 20.8 Å². The van der Waals surface area contributed by atoms with E-state index in [0.29, 0.717) is 12.8 Å². The number of fused-ring (bicyclic) bond motifs is 1. The Morgan fingerprint density at radius 1 is 1.03 bits per heavy atom. The predicted octanol–water partition coefficient (Wildman–Crippen LogP) is 5.26. The summed E-state index contributed by atoms with van der Waals surface area (Å²) in [5.41, 5.74) is 5.87. The second-order valence-electron chi connectivity index (χ2n) is 8.09. The van der Waals surface area contributed by atoms with Crippen molar-refractivity contribution in [2.45, 2.75) is 46.6 Å². The van der Waals surface area contributed by atoms with Gasteiger partial charge < -0.3 is 10.1 Å². The maximum Gasteiger partial charge on any atom is 0.220 e. The van der Waals surface area contributed by atoms with Crippen molar-refractivity contribution >= 4 is 11.6 Å². The zero-order chi connectivity index (χ0) is 22.7. The van der Waals surface area contributed by atoms with Gasteiger partial charge in [0.05, 0.1) is 11.7 Å². The number of aromatic nitrogens is 3. The number of hydrogen-bond donors (Lipinski definition) is 1. The first-order valence-electron chi connectivity index (χ1n) is 10.9. The Balaban J connectivity index is 1.35. The molecule has 0 fully saturated rings. The SMILES string of the molecule is Cc1cc2nc(C)c(CCC(=O)NC(C)c3ccc(Oc4ccccc4)cc3)c(C)n2n1. The Bertz CT molecular complexity index is 1230. The number of rotatable bonds is 7. The first-order valence-corrected chi connectivity index (χ1v) is 10.9. The zero-order valence-corrected chi connectivity index (χ0v) is 18.9. The summed E-state index contributed by atoms with van der Waals surface area (Å²) in [5.74, 6) is 1.57. The summed E-state index contributed by atoms with van der Waals surface area (Å²) in [6, 6.07) is 19.3. The van der Waals surface area contributed by atoms with E-state index in [1.165, 1.54) is 0 Å². The number of para-hydroxylation sites is 1. The number of hydrogen-bond acceptors (Lipinski definition) is 4. The average Bonchev–Trinajstić information content (AvgIpc) is 3.15. The molecule has 0 aliphatic heterocycles. The van der Waals surface area contributed by atoms with Crippen molar-refractivity contribution in [3.05, 3.63) is 88.9 Å². The van der Waals surface area contributed by atoms with Crippen LogP contribution >= 0.6 is 0 Å². The smallest absolute Gasteiger partial charge is 0.220 e. The third-order valence-electron chi connectivity index (χ3n) is 5.62. The molecule has 0 saturated heterocycles. The summed E-state index contributed by atoms with van der Waals surface area (Å²) >= 11 is 0. The Labute approximate surface area is 188 Å². The van der Waals surface area contributed by atoms with Crippen molar-refractivity contribution in [2.75, 3.05) is 0 Å². The van der Waals surface area contributed by atoms with Gasteiger partial charge in [-0.15, -0.1) is 0 Å². The van der Waals surface area contributed by atoms with Gasteiger partial charge in [-0.05, 0) is 69.5 Å². The van der Waals surface area contributed by atoms with Crippen molar-refractivity contribution in [2.24, 2.45) is 0 Å². The van der Waals surface area contributed by atoms with Crippen LogP contribution in [0.4, 0.5) is 0 Å². The lowest BCUT2D eigenvalue weighted by molar-refractivity contribution is -0.121. The van der Waals surface area contributed by atoms with E-state index in [1.807, 2.05) is 92.9 Å². The van der Waals surface area contributed by atoms with Crippen LogP contribution in [0.3, 0.4) is 0 Å². The standard InChI is InChI=1S/C26H28N4O2/c1-17-16-25-27-19(3)24(20(4)30(25)29-17)14-15-26(31)28-18(2)21-10-12-23(13-11-21)32-22-8-6-5-7-9-22/h5-13,16,18H,14-15H2,1-4H3,(H,28,31). The third kappa shape index (κ3) is 4.80. The Kier molecular flexibility index (Phi) is 6.21. The summed E-state index contributed by atoms with van der Waals surface area (Å²) in [6.45, 7) is 7.97. The van der Waals surface area contributed by atoms with Crippen molar-refractivity contribution in [1.82, 2.24) is 19.9 Å². The Morgan fingerprint density at radius 3 is 2.44 bits per heavy atom. The van der Waals surface area contributed by atoms with Crippen molar-refractivity contribution < 1.29 is 9.53 Å². The molecule has 0 aliphatic carbocycles. The molecule has 32 heavy (non-hydrogen) atoms. The van der Waals surface area contributed by atoms with Crippen molar-refractivity contribution in [3.8, 4) is 11.5 Å². The van der Waals surface area contributed by atoms with E-state index in [2.05, 4.69) is 15.4 Å². The van der Waals surface area contributed by atoms with Gasteiger partial charge in [0.25, 0.3) is 0 Å². The molecule has 0 aliphatic rings. The molecule has 4 aromatic rings. The summed E-state index contributed by atoms with van der Waals surface area (Å²) < 4.78 is 7.69. The molecule has 2 heterocycles. The highest BCUT2D eigenvalue weighted by atomic mass is 16.5. The van der Waals surface area contributed by atoms with Gasteiger partial charge in [-0.2, -0.15) is 5.10 Å². The number of aryl methyl sites for hydroxylation is 3. The van der Waals surface area contributed by atoms with E-state index in [1.54, 1.807) is 0 Å². The molecule has 1 atom stereocenters. The Hall–Kier alpha value is -3.67. The van der Waals surface area contributed by atoms with Crippen LogP contribution in [0.25, 0.3) is 5.65 Å². The lowest BCUT2D eigenvalue weighted by Gasteiger charge is -2.16. The number of benzene rings is 2. The van der Waals surface area contributed by atoms with E-state index in [4.69, 9.17) is 4.74 Å². The van der Waals surface area contributed by atoms with Gasteiger partial charge in [-0.25, -0.2) is 9.50 Å². The number of ether oxygens (including phenoxy) is 1. The second kappa shape index (κ2) is 9.22. The molecular weight excluding hydrogens is 400 g/mol. The lowest BCUT2D eigenvalue weighted by atomic mass is 10.1. The van der Waals surface area contributed by atoms with Crippen molar-refractivity contribution in [3.63, 3.8) is 0 Å². The number of amides is 1. The fourth-order valence-electron chi connectivity index (χ4n) is 3.89. The van der Waals surface area contributed by atoms with E-state index in [9.17, 15) is 4.79 Å². The summed E-state index contributed by atoms with van der Waals surface area (Å²) in [7, 11) is 0. The van der Waals surface area contributed by atoms with Gasteiger partial charge in [0.15, 0.2) is 5.65 Å². The fourth-order valence-corrected chi connectivity index (χ4v) is 3.89. The number of carbonyl (C=O) groups excluding carboxylic acids is 1. The van der Waals surface area contributed by atoms with Crippen LogP contribution in [-0.2, 0) is 11.2 Å². The van der Waals surface area contributed by atoms with Gasteiger partial charge in [-0.3, -0.25) is 4.79 Å². The molecule has 0 saturated carbocycles. The van der Waals surface area contributed by atoms with Crippen LogP contribution in [0.5, 0.6) is 11.5 Å². The molecule has 164 valence electrons. The summed E-state index contributed by atoms with van der Waals surface area (Å²) in [5, 5.41) is 7.60. The van der Waals surface area contributed by atoms with Gasteiger partial charge in [0.1, 0.15) is 11.5 Å². The molecule has 4 rings (SSSR count). The molecule has 0 bridgehead atoms. The minimum absolute atomic E-state index is 0.0117. The molecule has 0 radical (unpaired) electrons. The van der Waals surface area contributed by atoms with Crippen LogP contribution in [-0.4, -0.2) is 20.5 Å². The predicted molar refractivity (Wildman–Crippen MR) is 125 cm³/mol. The van der Waals surface area contributed by atoms with E-state index < -0.39 is 0 Å². The van der Waals surface area contributed by atoms with E-state index >= 15 is 0 Å². The van der Waals surface area contributed by atoms with Gasteiger partial charge in [-0.1, -0.05) is 30.3 Å². The molecule has 6 heteroatoms. The topological polar surface area (TPSA) is 68.5 Å². The molecule has 1 amide bonds. The molecule has 6 nitrogen and oxygen atoms in total. The molecular formula is C26H28N4O2. The van der Waals surface area contributed by atoms with E-state index in [-0.39, 0.29) is 11.9 Å². The minimum Gasteiger partial charge on any atom is -0.457 e. The monoisotopic (exact) mass is 428 g/mol. The van der Waals surface area contributed by atoms with Gasteiger partial charge >= 0.3 is 0 Å². The molecule has 2 aromatic heterocycles. The largest absolute Gasteiger partial charge is 0.457 e. The van der Waals surface area contributed by atoms with Crippen LogP contribution in [0.15, 0.2) is 60.7 Å². The van der Waals surface area contributed by atoms with Gasteiger partial charge in [0, 0.05) is 23.9 Å². The molecule has 1 unspecified atom stereocenters. The minimum atomic E-state index is -0.0927. The lowest BCUT2D eigenvalue weighted by Crippen LogP contribution is -2.27. The summed E-state index contributed by atoms with van der Waals surface area (Å²) in [6.07, 6.45) is 1.02. The summed E-state index contributed by atoms with van der Waals surface area (Å²) in [4.78, 5) is 17.3. The first-order chi connectivity index (χ1) is 15.4. The number of nitrogens with zero attached hydrogens (tertiary/aromatic N) is 3. The van der Waals surface area contributed by atoms with Gasteiger partial charge in [0.2, 0.25) is 5.91 Å². The normalized spacial score (nSPS) is 12.0. The maximum atomic E-state index is 12.6. The molecule has 1 N–H and O–H groups in total. The second-order valence-corrected chi connectivity index (χ2v) is 8.09. The highest BCUT2D eigenvalue weighted by Crippen LogP contribution is 2.23. The number of carbonyl (C=O) groups is 1. The molecule has 2 aromatic carbocycles. The van der Waals surface area contributed by atoms with E-state index in [0.717, 1.165) is 45.4 Å². The van der Waals surface area contributed by atoms with Crippen LogP contribution < -0.4 is 10.1 Å². The molecule has 0 spiro atoms. The average molecular weight is 429 g/mol. The first kappa shape index (κ1) is 21.6. The number of nitrogens with one attached hydrogen (secondary N) is 1. The highest BCUT2D eigenvalue weighted by molar-refractivity contribution is 5.76. The van der Waals surface area contributed by atoms with Crippen LogP contribution in [0.1, 0.15) is 47.6 Å². The fraction of sp³-hybridized carbons (Fsp3) is 0.269. The quantitative estimate of drug-likeness (QED) is 0.436. The maximum absolute atomic E-state index is 12.6. The zero-order valence-electron chi connectivity index (χ0n) is 18.9. The third-order valence-corrected chi connectivity index (χ3v) is 5.62.